The van der Waals surface area contributed by atoms with Crippen LogP contribution in [0.4, 0.5) is 0 Å². The van der Waals surface area contributed by atoms with Crippen molar-refractivity contribution >= 4 is 23.0 Å². The number of carbonyl (C=O) groups excluding carboxylic acids is 1. The summed E-state index contributed by atoms with van der Waals surface area (Å²) in [5, 5.41) is 8.21. The molecule has 0 radical (unpaired) electrons. The number of thiophene rings is 1. The molecule has 0 aliphatic carbocycles. The molecule has 1 aliphatic rings. The summed E-state index contributed by atoms with van der Waals surface area (Å²) in [6.07, 6.45) is 0.826. The standard InChI is InChI=1S/C18H21N3OS/c1-2-20(13-16-9-6-12-23-16)14-18(22)21-11-10-17(19-21)15-7-4-3-5-8-15/h3-9,12H,2,10-11,13-14H2,1H3. The minimum absolute atomic E-state index is 0.0781. The van der Waals surface area contributed by atoms with Crippen LogP contribution in [-0.4, -0.2) is 41.2 Å². The van der Waals surface area contributed by atoms with Crippen LogP contribution in [0, 0.1) is 0 Å². The zero-order valence-electron chi connectivity index (χ0n) is 13.3. The number of hydrogen-bond donors (Lipinski definition) is 0. The van der Waals surface area contributed by atoms with E-state index in [-0.39, 0.29) is 5.91 Å². The maximum absolute atomic E-state index is 12.5. The molecule has 23 heavy (non-hydrogen) atoms. The molecular weight excluding hydrogens is 306 g/mol. The van der Waals surface area contributed by atoms with Gasteiger partial charge in [0, 0.05) is 17.8 Å². The van der Waals surface area contributed by atoms with Crippen LogP contribution in [0.1, 0.15) is 23.8 Å². The highest BCUT2D eigenvalue weighted by Gasteiger charge is 2.22. The van der Waals surface area contributed by atoms with E-state index in [1.807, 2.05) is 36.4 Å². The second-order valence-corrected chi connectivity index (χ2v) is 6.59. The number of hydrazone groups is 1. The molecule has 0 unspecified atom stereocenters. The summed E-state index contributed by atoms with van der Waals surface area (Å²) in [4.78, 5) is 15.9. The summed E-state index contributed by atoms with van der Waals surface area (Å²) < 4.78 is 0. The first-order valence-corrected chi connectivity index (χ1v) is 8.82. The molecule has 2 aromatic rings. The van der Waals surface area contributed by atoms with Gasteiger partial charge in [-0.1, -0.05) is 43.3 Å². The number of rotatable bonds is 6. The molecule has 1 amide bonds. The third-order valence-corrected chi connectivity index (χ3v) is 4.82. The number of amides is 1. The van der Waals surface area contributed by atoms with Crippen LogP contribution in [0.3, 0.4) is 0 Å². The smallest absolute Gasteiger partial charge is 0.256 e. The van der Waals surface area contributed by atoms with Crippen molar-refractivity contribution in [3.63, 3.8) is 0 Å². The molecular formula is C18H21N3OS. The molecule has 0 atom stereocenters. The van der Waals surface area contributed by atoms with Gasteiger partial charge < -0.3 is 0 Å². The predicted octanol–water partition coefficient (Wildman–Crippen LogP) is 3.21. The lowest BCUT2D eigenvalue weighted by Crippen LogP contribution is -2.36. The highest BCUT2D eigenvalue weighted by atomic mass is 32.1. The van der Waals surface area contributed by atoms with Gasteiger partial charge in [-0.3, -0.25) is 9.69 Å². The first kappa shape index (κ1) is 15.9. The van der Waals surface area contributed by atoms with Gasteiger partial charge in [-0.2, -0.15) is 5.10 Å². The molecule has 1 aromatic carbocycles. The summed E-state index contributed by atoms with van der Waals surface area (Å²) in [5.41, 5.74) is 2.11. The first-order chi connectivity index (χ1) is 11.3. The van der Waals surface area contributed by atoms with Crippen molar-refractivity contribution in [1.29, 1.82) is 0 Å². The number of carbonyl (C=O) groups is 1. The van der Waals surface area contributed by atoms with E-state index in [0.717, 1.165) is 30.8 Å². The quantitative estimate of drug-likeness (QED) is 0.817. The van der Waals surface area contributed by atoms with Crippen LogP contribution in [-0.2, 0) is 11.3 Å². The highest BCUT2D eigenvalue weighted by molar-refractivity contribution is 7.09. The molecule has 0 saturated heterocycles. The van der Waals surface area contributed by atoms with E-state index < -0.39 is 0 Å². The lowest BCUT2D eigenvalue weighted by molar-refractivity contribution is -0.132. The van der Waals surface area contributed by atoms with E-state index in [2.05, 4.69) is 28.4 Å². The Morgan fingerprint density at radius 2 is 2.09 bits per heavy atom. The molecule has 4 nitrogen and oxygen atoms in total. The minimum atomic E-state index is 0.0781. The molecule has 1 aromatic heterocycles. The zero-order valence-corrected chi connectivity index (χ0v) is 14.1. The van der Waals surface area contributed by atoms with Gasteiger partial charge in [-0.15, -0.1) is 11.3 Å². The maximum atomic E-state index is 12.5. The van der Waals surface area contributed by atoms with E-state index in [1.54, 1.807) is 16.3 Å². The average Bonchev–Trinajstić information content (AvgIpc) is 3.26. The Labute approximate surface area is 141 Å². The summed E-state index contributed by atoms with van der Waals surface area (Å²) in [6, 6.07) is 14.2. The van der Waals surface area contributed by atoms with Crippen molar-refractivity contribution in [2.24, 2.45) is 5.10 Å². The Kier molecular flexibility index (Phi) is 5.20. The van der Waals surface area contributed by atoms with Gasteiger partial charge in [0.25, 0.3) is 5.91 Å². The topological polar surface area (TPSA) is 35.9 Å². The van der Waals surface area contributed by atoms with Crippen LogP contribution in [0.5, 0.6) is 0 Å². The Balaban J connectivity index is 1.61. The Hall–Kier alpha value is -1.98. The van der Waals surface area contributed by atoms with Crippen molar-refractivity contribution in [3.8, 4) is 0 Å². The average molecular weight is 327 g/mol. The van der Waals surface area contributed by atoms with Gasteiger partial charge in [0.15, 0.2) is 0 Å². The zero-order chi connectivity index (χ0) is 16.1. The van der Waals surface area contributed by atoms with E-state index >= 15 is 0 Å². The second-order valence-electron chi connectivity index (χ2n) is 5.56. The van der Waals surface area contributed by atoms with Gasteiger partial charge in [0.1, 0.15) is 0 Å². The van der Waals surface area contributed by atoms with Gasteiger partial charge in [0.2, 0.25) is 0 Å². The lowest BCUT2D eigenvalue weighted by Gasteiger charge is -2.21. The largest absolute Gasteiger partial charge is 0.290 e. The fourth-order valence-electron chi connectivity index (χ4n) is 2.65. The molecule has 0 N–H and O–H groups in total. The SMILES string of the molecule is CCN(CC(=O)N1CCC(c2ccccc2)=N1)Cc1cccs1. The van der Waals surface area contributed by atoms with E-state index in [9.17, 15) is 4.79 Å². The maximum Gasteiger partial charge on any atom is 0.256 e. The van der Waals surface area contributed by atoms with Crippen molar-refractivity contribution in [3.05, 3.63) is 58.3 Å². The molecule has 0 spiro atoms. The first-order valence-electron chi connectivity index (χ1n) is 7.94. The molecule has 0 bridgehead atoms. The molecule has 120 valence electrons. The Bertz CT molecular complexity index is 667. The molecule has 2 heterocycles. The minimum Gasteiger partial charge on any atom is -0.290 e. The molecule has 0 fully saturated rings. The summed E-state index contributed by atoms with van der Waals surface area (Å²) in [7, 11) is 0. The second kappa shape index (κ2) is 7.53. The van der Waals surface area contributed by atoms with E-state index in [0.29, 0.717) is 13.1 Å². The molecule has 1 aliphatic heterocycles. The number of hydrogen-bond acceptors (Lipinski definition) is 4. The number of likely N-dealkylation sites (N-methyl/N-ethyl adjacent to an activating group) is 1. The van der Waals surface area contributed by atoms with Crippen molar-refractivity contribution in [2.75, 3.05) is 19.6 Å². The van der Waals surface area contributed by atoms with E-state index in [1.165, 1.54) is 4.88 Å². The van der Waals surface area contributed by atoms with Crippen molar-refractivity contribution in [1.82, 2.24) is 9.91 Å². The normalized spacial score (nSPS) is 14.3. The summed E-state index contributed by atoms with van der Waals surface area (Å²) >= 11 is 1.73. The summed E-state index contributed by atoms with van der Waals surface area (Å²) in [5.74, 6) is 0.0781. The highest BCUT2D eigenvalue weighted by Crippen LogP contribution is 2.15. The Morgan fingerprint density at radius 1 is 1.26 bits per heavy atom. The predicted molar refractivity (Wildman–Crippen MR) is 94.6 cm³/mol. The fraction of sp³-hybridized carbons (Fsp3) is 0.333. The van der Waals surface area contributed by atoms with Crippen molar-refractivity contribution in [2.45, 2.75) is 19.9 Å². The third kappa shape index (κ3) is 4.06. The van der Waals surface area contributed by atoms with Crippen LogP contribution in [0.2, 0.25) is 0 Å². The number of nitrogens with zero attached hydrogens (tertiary/aromatic N) is 3. The van der Waals surface area contributed by atoms with Gasteiger partial charge in [-0.05, 0) is 23.6 Å². The van der Waals surface area contributed by atoms with Gasteiger partial charge in [-0.25, -0.2) is 5.01 Å². The molecule has 3 rings (SSSR count). The third-order valence-electron chi connectivity index (χ3n) is 3.96. The lowest BCUT2D eigenvalue weighted by atomic mass is 10.1. The fourth-order valence-corrected chi connectivity index (χ4v) is 3.39. The summed E-state index contributed by atoms with van der Waals surface area (Å²) in [6.45, 7) is 4.86. The van der Waals surface area contributed by atoms with Crippen LogP contribution in [0.25, 0.3) is 0 Å². The Morgan fingerprint density at radius 3 is 2.78 bits per heavy atom. The van der Waals surface area contributed by atoms with Gasteiger partial charge in [0.05, 0.1) is 18.8 Å². The van der Waals surface area contributed by atoms with Gasteiger partial charge >= 0.3 is 0 Å². The molecule has 5 heteroatoms. The van der Waals surface area contributed by atoms with Crippen molar-refractivity contribution < 1.29 is 4.79 Å². The molecule has 0 saturated carbocycles. The monoisotopic (exact) mass is 327 g/mol. The van der Waals surface area contributed by atoms with Crippen LogP contribution >= 0.6 is 11.3 Å². The number of benzene rings is 1. The van der Waals surface area contributed by atoms with Crippen LogP contribution in [0.15, 0.2) is 52.9 Å². The van der Waals surface area contributed by atoms with Crippen LogP contribution < -0.4 is 0 Å². The van der Waals surface area contributed by atoms with E-state index in [4.69, 9.17) is 0 Å².